The lowest BCUT2D eigenvalue weighted by atomic mass is 9.61. The molecule has 7 heteroatoms. The van der Waals surface area contributed by atoms with E-state index in [2.05, 4.69) is 27.7 Å². The van der Waals surface area contributed by atoms with Gasteiger partial charge < -0.3 is 26.7 Å². The molecule has 0 radical (unpaired) electrons. The maximum Gasteiger partial charge on any atom is 0.311 e. The molecule has 1 saturated carbocycles. The van der Waals surface area contributed by atoms with E-state index in [1.165, 1.54) is 140 Å². The maximum atomic E-state index is 12.6. The summed E-state index contributed by atoms with van der Waals surface area (Å²) in [6.45, 7) is 9.00. The molecule has 6 N–H and O–H groups in total. The topological polar surface area (TPSA) is 131 Å². The number of hydrogen-bond acceptors (Lipinski definition) is 7. The quantitative estimate of drug-likeness (QED) is 0.0299. The van der Waals surface area contributed by atoms with Crippen LogP contribution in [-0.2, 0) is 9.59 Å². The highest BCUT2D eigenvalue weighted by Crippen LogP contribution is 2.48. The van der Waals surface area contributed by atoms with Gasteiger partial charge in [0.1, 0.15) is 0 Å². The molecule has 1 fully saturated rings. The van der Waals surface area contributed by atoms with Crippen molar-refractivity contribution < 1.29 is 19.1 Å². The van der Waals surface area contributed by atoms with E-state index in [0.29, 0.717) is 47.3 Å². The summed E-state index contributed by atoms with van der Waals surface area (Å²) in [5, 5.41) is 0. The second kappa shape index (κ2) is 29.1. The third kappa shape index (κ3) is 18.8. The van der Waals surface area contributed by atoms with Crippen LogP contribution in [0.1, 0.15) is 219 Å². The van der Waals surface area contributed by atoms with Crippen LogP contribution >= 0.6 is 0 Å². The van der Waals surface area contributed by atoms with Crippen LogP contribution in [0.3, 0.4) is 0 Å². The molecule has 5 unspecified atom stereocenters. The first-order valence-electron chi connectivity index (χ1n) is 24.1. The zero-order valence-corrected chi connectivity index (χ0v) is 37.5. The number of nitrogens with two attached hydrogens (primary N) is 3. The molecule has 58 heavy (non-hydrogen) atoms. The van der Waals surface area contributed by atoms with Crippen LogP contribution in [0.5, 0.6) is 11.5 Å². The summed E-state index contributed by atoms with van der Waals surface area (Å²) in [5.74, 6) is 4.38. The molecule has 1 aliphatic rings. The summed E-state index contributed by atoms with van der Waals surface area (Å²) in [4.78, 5) is 25.1. The van der Waals surface area contributed by atoms with Crippen LogP contribution in [0.4, 0.5) is 17.1 Å². The van der Waals surface area contributed by atoms with Crippen molar-refractivity contribution in [3.05, 3.63) is 42.0 Å². The van der Waals surface area contributed by atoms with E-state index < -0.39 is 0 Å². The van der Waals surface area contributed by atoms with E-state index in [1.807, 2.05) is 18.2 Å². The van der Waals surface area contributed by atoms with Crippen molar-refractivity contribution in [1.29, 1.82) is 0 Å². The first-order valence-corrected chi connectivity index (χ1v) is 24.1. The fourth-order valence-electron chi connectivity index (χ4n) is 9.58. The van der Waals surface area contributed by atoms with Gasteiger partial charge in [-0.2, -0.15) is 0 Å². The van der Waals surface area contributed by atoms with Crippen molar-refractivity contribution in [2.45, 2.75) is 213 Å². The second-order valence-corrected chi connectivity index (χ2v) is 17.9. The van der Waals surface area contributed by atoms with Crippen molar-refractivity contribution in [2.75, 3.05) is 17.2 Å². The smallest absolute Gasteiger partial charge is 0.311 e. The second-order valence-electron chi connectivity index (χ2n) is 17.9. The van der Waals surface area contributed by atoms with E-state index in [-0.39, 0.29) is 11.9 Å². The Bertz CT molecular complexity index is 1430. The molecule has 5 atom stereocenters. The molecule has 7 nitrogen and oxygen atoms in total. The van der Waals surface area contributed by atoms with Gasteiger partial charge in [-0.15, -0.1) is 0 Å². The lowest BCUT2D eigenvalue weighted by molar-refractivity contribution is -0.135. The molecule has 2 aromatic carbocycles. The van der Waals surface area contributed by atoms with Crippen molar-refractivity contribution in [2.24, 2.45) is 23.7 Å². The van der Waals surface area contributed by atoms with Gasteiger partial charge in [0.05, 0.1) is 11.4 Å². The normalized spacial score (nSPS) is 18.6. The summed E-state index contributed by atoms with van der Waals surface area (Å²) < 4.78 is 11.1. The highest BCUT2D eigenvalue weighted by molar-refractivity contribution is 5.75. The summed E-state index contributed by atoms with van der Waals surface area (Å²) in [5.41, 5.74) is 20.7. The summed E-state index contributed by atoms with van der Waals surface area (Å²) >= 11 is 0. The number of benzene rings is 2. The van der Waals surface area contributed by atoms with Crippen molar-refractivity contribution in [3.63, 3.8) is 0 Å². The molecule has 0 aromatic heterocycles. The van der Waals surface area contributed by atoms with E-state index in [9.17, 15) is 9.59 Å². The van der Waals surface area contributed by atoms with E-state index in [4.69, 9.17) is 26.7 Å². The third-order valence-corrected chi connectivity index (χ3v) is 13.3. The predicted octanol–water partition coefficient (Wildman–Crippen LogP) is 14.5. The number of carbonyl (C=O) groups is 2. The molecule has 3 rings (SSSR count). The Labute approximate surface area is 354 Å². The molecule has 2 aromatic rings. The Morgan fingerprint density at radius 3 is 1.45 bits per heavy atom. The van der Waals surface area contributed by atoms with Crippen LogP contribution < -0.4 is 26.7 Å². The van der Waals surface area contributed by atoms with Crippen LogP contribution in [-0.4, -0.2) is 11.9 Å². The van der Waals surface area contributed by atoms with Gasteiger partial charge in [0.15, 0.2) is 11.5 Å². The average Bonchev–Trinajstić information content (AvgIpc) is 3.21. The first kappa shape index (κ1) is 49.1. The maximum absolute atomic E-state index is 12.6. The highest BCUT2D eigenvalue weighted by atomic mass is 16.5. The van der Waals surface area contributed by atoms with Crippen molar-refractivity contribution in [3.8, 4) is 11.5 Å². The minimum atomic E-state index is -0.222. The first-order chi connectivity index (χ1) is 28.2. The molecule has 1 aliphatic carbocycles. The van der Waals surface area contributed by atoms with E-state index in [1.54, 1.807) is 18.2 Å². The van der Waals surface area contributed by atoms with Crippen molar-refractivity contribution >= 4 is 29.0 Å². The van der Waals surface area contributed by atoms with E-state index in [0.717, 1.165) is 55.8 Å². The van der Waals surface area contributed by atoms with Crippen molar-refractivity contribution in [1.82, 2.24) is 0 Å². The van der Waals surface area contributed by atoms with Gasteiger partial charge in [0, 0.05) is 18.5 Å². The number of esters is 2. The Kier molecular flexibility index (Phi) is 24.6. The molecular weight excluding hydrogens is 719 g/mol. The van der Waals surface area contributed by atoms with Gasteiger partial charge in [-0.1, -0.05) is 156 Å². The standard InChI is InChI=1S/C51H85N3O4/c1-5-8-10-11-15-21-27-44-40(25-19-9-6-2)31-32-41(45(44)28-22-16-13-18-24-30-51(56)58-49-36-34-43(52)38-47(49)54)26-20-14-12-17-23-29-50(55)57-48-35-33-42(37-46(48)53)39(4)7-3/h33-41,44-45H,5-32,52-54H2,1-4H3. The Morgan fingerprint density at radius 2 is 0.966 bits per heavy atom. The summed E-state index contributed by atoms with van der Waals surface area (Å²) in [6, 6.07) is 10.8. The minimum absolute atomic E-state index is 0.180. The Morgan fingerprint density at radius 1 is 0.552 bits per heavy atom. The van der Waals surface area contributed by atoms with Gasteiger partial charge in [0.2, 0.25) is 0 Å². The largest absolute Gasteiger partial charge is 0.424 e. The lowest BCUT2D eigenvalue weighted by Crippen LogP contribution is -2.35. The number of ether oxygens (including phenoxy) is 2. The molecule has 0 aliphatic heterocycles. The van der Waals surface area contributed by atoms with E-state index >= 15 is 0 Å². The van der Waals surface area contributed by atoms with Gasteiger partial charge in [-0.25, -0.2) is 0 Å². The monoisotopic (exact) mass is 804 g/mol. The zero-order valence-electron chi connectivity index (χ0n) is 37.5. The molecule has 0 bridgehead atoms. The van der Waals surface area contributed by atoms with Gasteiger partial charge in [0.25, 0.3) is 0 Å². The molecule has 0 saturated heterocycles. The number of carbonyl (C=O) groups excluding carboxylic acids is 2. The number of unbranched alkanes of at least 4 members (excludes halogenated alkanes) is 15. The summed E-state index contributed by atoms with van der Waals surface area (Å²) in [6.07, 6.45) is 33.9. The molecular formula is C51H85N3O4. The fraction of sp³-hybridized carbons (Fsp3) is 0.725. The molecule has 0 heterocycles. The molecule has 328 valence electrons. The zero-order chi connectivity index (χ0) is 42.0. The van der Waals surface area contributed by atoms with Crippen LogP contribution in [0.25, 0.3) is 0 Å². The number of hydrogen-bond donors (Lipinski definition) is 3. The van der Waals surface area contributed by atoms with Crippen LogP contribution in [0, 0.1) is 23.7 Å². The van der Waals surface area contributed by atoms with Crippen LogP contribution in [0.2, 0.25) is 0 Å². The third-order valence-electron chi connectivity index (χ3n) is 13.3. The van der Waals surface area contributed by atoms with Gasteiger partial charge in [-0.05, 0) is 110 Å². The lowest BCUT2D eigenvalue weighted by Gasteiger charge is -2.44. The van der Waals surface area contributed by atoms with Crippen LogP contribution in [0.15, 0.2) is 36.4 Å². The average molecular weight is 804 g/mol. The fourth-order valence-corrected chi connectivity index (χ4v) is 9.58. The number of rotatable bonds is 31. The Balaban J connectivity index is 1.46. The highest BCUT2D eigenvalue weighted by Gasteiger charge is 2.37. The van der Waals surface area contributed by atoms with Gasteiger partial charge >= 0.3 is 11.9 Å². The SMILES string of the molecule is CCCCCCCCC1C(CCCCC)CCC(CCCCCCCC(=O)Oc2ccc(C(C)CC)cc2N)C1CCCCCCCC(=O)Oc1ccc(N)cc1N. The number of anilines is 3. The predicted molar refractivity (Wildman–Crippen MR) is 246 cm³/mol. The van der Waals surface area contributed by atoms with Gasteiger partial charge in [-0.3, -0.25) is 9.59 Å². The molecule has 0 amide bonds. The minimum Gasteiger partial charge on any atom is -0.424 e. The number of nitrogen functional groups attached to an aromatic ring is 3. The Hall–Kier alpha value is -3.22. The molecule has 0 spiro atoms. The summed E-state index contributed by atoms with van der Waals surface area (Å²) in [7, 11) is 0.